The summed E-state index contributed by atoms with van der Waals surface area (Å²) in [5, 5.41) is 3.51. The predicted molar refractivity (Wildman–Crippen MR) is 94.3 cm³/mol. The van der Waals surface area contributed by atoms with Crippen LogP contribution in [0.25, 0.3) is 10.9 Å². The smallest absolute Gasteiger partial charge is 0.236 e. The summed E-state index contributed by atoms with van der Waals surface area (Å²) in [6, 6.07) is 6.09. The van der Waals surface area contributed by atoms with E-state index in [1.54, 1.807) is 0 Å². The molecule has 1 heterocycles. The molecular weight excluding hydrogens is 310 g/mol. The fourth-order valence-corrected chi connectivity index (χ4v) is 4.00. The van der Waals surface area contributed by atoms with E-state index in [0.29, 0.717) is 5.92 Å². The summed E-state index contributed by atoms with van der Waals surface area (Å²) in [4.78, 5) is 27.6. The molecule has 2 rings (SSSR count). The molecule has 2 amide bonds. The van der Waals surface area contributed by atoms with Crippen LogP contribution in [0.5, 0.6) is 0 Å². The van der Waals surface area contributed by atoms with Gasteiger partial charge in [0.15, 0.2) is 0 Å². The van der Waals surface area contributed by atoms with Gasteiger partial charge in [0.2, 0.25) is 11.8 Å². The van der Waals surface area contributed by atoms with Gasteiger partial charge in [-0.15, -0.1) is 11.8 Å². The molecule has 0 radical (unpaired) electrons. The molecule has 124 valence electrons. The van der Waals surface area contributed by atoms with Gasteiger partial charge in [-0.05, 0) is 30.9 Å². The number of fused-ring (bicyclic) bond motifs is 1. The van der Waals surface area contributed by atoms with Gasteiger partial charge < -0.3 is 16.0 Å². The highest BCUT2D eigenvalue weighted by molar-refractivity contribution is 8.00. The summed E-state index contributed by atoms with van der Waals surface area (Å²) in [5.41, 5.74) is 7.34. The van der Waals surface area contributed by atoms with E-state index in [9.17, 15) is 9.59 Å². The van der Waals surface area contributed by atoms with Gasteiger partial charge in [0.05, 0.1) is 11.8 Å². The second-order valence-corrected chi connectivity index (χ2v) is 7.32. The molecule has 1 atom stereocenters. The number of thioether (sulfide) groups is 1. The van der Waals surface area contributed by atoms with Crippen molar-refractivity contribution in [3.05, 3.63) is 30.0 Å². The van der Waals surface area contributed by atoms with Crippen LogP contribution in [-0.4, -0.2) is 28.6 Å². The quantitative estimate of drug-likeness (QED) is 0.681. The Bertz CT molecular complexity index is 709. The molecule has 6 heteroatoms. The lowest BCUT2D eigenvalue weighted by molar-refractivity contribution is -0.124. The number of hydrogen-bond donors (Lipinski definition) is 3. The number of amides is 2. The van der Waals surface area contributed by atoms with Crippen molar-refractivity contribution >= 4 is 34.5 Å². The van der Waals surface area contributed by atoms with Crippen LogP contribution in [0.15, 0.2) is 29.3 Å². The minimum Gasteiger partial charge on any atom is -0.368 e. The van der Waals surface area contributed by atoms with Crippen molar-refractivity contribution in [2.75, 3.05) is 6.54 Å². The van der Waals surface area contributed by atoms with Crippen LogP contribution in [0.3, 0.4) is 0 Å². The van der Waals surface area contributed by atoms with Gasteiger partial charge in [0.25, 0.3) is 0 Å². The summed E-state index contributed by atoms with van der Waals surface area (Å²) >= 11 is 1.53. The number of aromatic amines is 1. The first-order chi connectivity index (χ1) is 10.9. The Hall–Kier alpha value is -1.95. The molecule has 23 heavy (non-hydrogen) atoms. The Balaban J connectivity index is 2.22. The van der Waals surface area contributed by atoms with Gasteiger partial charge in [-0.1, -0.05) is 26.0 Å². The zero-order valence-corrected chi connectivity index (χ0v) is 14.5. The molecule has 0 saturated heterocycles. The van der Waals surface area contributed by atoms with Crippen molar-refractivity contribution in [2.45, 2.75) is 37.3 Å². The highest BCUT2D eigenvalue weighted by Gasteiger charge is 2.23. The monoisotopic (exact) mass is 333 g/mol. The highest BCUT2D eigenvalue weighted by Crippen LogP contribution is 2.35. The van der Waals surface area contributed by atoms with E-state index in [0.717, 1.165) is 22.2 Å². The Morgan fingerprint density at radius 3 is 2.74 bits per heavy atom. The molecule has 1 aromatic carbocycles. The first-order valence-corrected chi connectivity index (χ1v) is 8.55. The van der Waals surface area contributed by atoms with Crippen LogP contribution < -0.4 is 11.1 Å². The lowest BCUT2D eigenvalue weighted by Gasteiger charge is -2.18. The van der Waals surface area contributed by atoms with Gasteiger partial charge in [-0.2, -0.15) is 0 Å². The maximum Gasteiger partial charge on any atom is 0.236 e. The molecule has 0 aliphatic carbocycles. The third-order valence-corrected chi connectivity index (χ3v) is 4.83. The lowest BCUT2D eigenvalue weighted by atomic mass is 10.1. The van der Waals surface area contributed by atoms with Crippen molar-refractivity contribution in [3.8, 4) is 0 Å². The molecule has 4 N–H and O–H groups in total. The standard InChI is InChI=1S/C17H23N3O2S/c1-10(2)7-13(17(22)20-9-15(18)21)23-14-8-19-12-6-4-5-11(3)16(12)14/h4-6,8,10,13,19H,7,9H2,1-3H3,(H2,18,21)(H,20,22)/t13-/m1/s1. The Labute approximate surface area is 140 Å². The molecule has 0 aliphatic heterocycles. The van der Waals surface area contributed by atoms with E-state index >= 15 is 0 Å². The number of benzene rings is 1. The number of rotatable bonds is 7. The van der Waals surface area contributed by atoms with Crippen molar-refractivity contribution < 1.29 is 9.59 Å². The van der Waals surface area contributed by atoms with E-state index in [1.807, 2.05) is 18.3 Å². The van der Waals surface area contributed by atoms with Crippen LogP contribution >= 0.6 is 11.8 Å². The lowest BCUT2D eigenvalue weighted by Crippen LogP contribution is -2.39. The van der Waals surface area contributed by atoms with Crippen molar-refractivity contribution in [2.24, 2.45) is 11.7 Å². The Kier molecular flexibility index (Phi) is 5.71. The summed E-state index contributed by atoms with van der Waals surface area (Å²) in [5.74, 6) is -0.307. The number of H-pyrrole nitrogens is 1. The Morgan fingerprint density at radius 1 is 1.35 bits per heavy atom. The van der Waals surface area contributed by atoms with E-state index in [-0.39, 0.29) is 17.7 Å². The van der Waals surface area contributed by atoms with Gasteiger partial charge in [-0.25, -0.2) is 0 Å². The van der Waals surface area contributed by atoms with E-state index in [1.165, 1.54) is 17.3 Å². The zero-order chi connectivity index (χ0) is 17.0. The topological polar surface area (TPSA) is 88.0 Å². The molecule has 0 saturated carbocycles. The number of aryl methyl sites for hydroxylation is 1. The molecule has 2 aromatic rings. The summed E-state index contributed by atoms with van der Waals surface area (Å²) in [7, 11) is 0. The van der Waals surface area contributed by atoms with Gasteiger partial charge in [0, 0.05) is 22.0 Å². The number of carbonyl (C=O) groups excluding carboxylic acids is 2. The van der Waals surface area contributed by atoms with E-state index in [4.69, 9.17) is 5.73 Å². The predicted octanol–water partition coefficient (Wildman–Crippen LogP) is 2.58. The number of aromatic nitrogens is 1. The first-order valence-electron chi connectivity index (χ1n) is 7.68. The van der Waals surface area contributed by atoms with E-state index < -0.39 is 5.91 Å². The number of primary amides is 1. The maximum absolute atomic E-state index is 12.4. The van der Waals surface area contributed by atoms with Crippen LogP contribution in [-0.2, 0) is 9.59 Å². The molecule has 0 bridgehead atoms. The van der Waals surface area contributed by atoms with Crippen LogP contribution in [0.4, 0.5) is 0 Å². The highest BCUT2D eigenvalue weighted by atomic mass is 32.2. The van der Waals surface area contributed by atoms with Crippen LogP contribution in [0.1, 0.15) is 25.8 Å². The fraction of sp³-hybridized carbons (Fsp3) is 0.412. The largest absolute Gasteiger partial charge is 0.368 e. The molecule has 0 spiro atoms. The third kappa shape index (κ3) is 4.51. The summed E-state index contributed by atoms with van der Waals surface area (Å²) in [6.07, 6.45) is 2.67. The van der Waals surface area contributed by atoms with E-state index in [2.05, 4.69) is 37.1 Å². The summed E-state index contributed by atoms with van der Waals surface area (Å²) in [6.45, 7) is 6.09. The second kappa shape index (κ2) is 7.55. The van der Waals surface area contributed by atoms with Crippen molar-refractivity contribution in [1.82, 2.24) is 10.3 Å². The first kappa shape index (κ1) is 17.4. The maximum atomic E-state index is 12.4. The molecular formula is C17H23N3O2S. The van der Waals surface area contributed by atoms with Crippen molar-refractivity contribution in [1.29, 1.82) is 0 Å². The average molecular weight is 333 g/mol. The fourth-order valence-electron chi connectivity index (χ4n) is 2.50. The normalized spacial score (nSPS) is 12.5. The van der Waals surface area contributed by atoms with Crippen molar-refractivity contribution in [3.63, 3.8) is 0 Å². The SMILES string of the molecule is Cc1cccc2[nH]cc(S[C@H](CC(C)C)C(=O)NCC(N)=O)c12. The minimum absolute atomic E-state index is 0.124. The third-order valence-electron chi connectivity index (χ3n) is 3.56. The molecule has 0 fully saturated rings. The van der Waals surface area contributed by atoms with Crippen LogP contribution in [0, 0.1) is 12.8 Å². The molecule has 0 aliphatic rings. The number of nitrogens with one attached hydrogen (secondary N) is 2. The van der Waals surface area contributed by atoms with Gasteiger partial charge in [0.1, 0.15) is 0 Å². The van der Waals surface area contributed by atoms with Gasteiger partial charge >= 0.3 is 0 Å². The molecule has 1 aromatic heterocycles. The van der Waals surface area contributed by atoms with Gasteiger partial charge in [-0.3, -0.25) is 9.59 Å². The second-order valence-electron chi connectivity index (χ2n) is 6.07. The minimum atomic E-state index is -0.533. The zero-order valence-electron chi connectivity index (χ0n) is 13.7. The Morgan fingerprint density at radius 2 is 2.09 bits per heavy atom. The molecule has 0 unspecified atom stereocenters. The number of carbonyl (C=O) groups is 2. The number of nitrogens with two attached hydrogens (primary N) is 1. The number of hydrogen-bond acceptors (Lipinski definition) is 3. The molecule has 5 nitrogen and oxygen atoms in total. The summed E-state index contributed by atoms with van der Waals surface area (Å²) < 4.78 is 0. The van der Waals surface area contributed by atoms with Crippen LogP contribution in [0.2, 0.25) is 0 Å². The average Bonchev–Trinajstić information content (AvgIpc) is 2.88.